The quantitative estimate of drug-likeness (QED) is 0.594. The Labute approximate surface area is 177 Å². The highest BCUT2D eigenvalue weighted by atomic mass is 32.1. The number of para-hydroxylation sites is 1. The van der Waals surface area contributed by atoms with Crippen molar-refractivity contribution in [1.82, 2.24) is 10.3 Å². The lowest BCUT2D eigenvalue weighted by Gasteiger charge is -2.44. The van der Waals surface area contributed by atoms with E-state index in [2.05, 4.69) is 20.1 Å². The summed E-state index contributed by atoms with van der Waals surface area (Å²) in [6, 6.07) is 12.0. The molecule has 0 bridgehead atoms. The molecule has 30 heavy (non-hydrogen) atoms. The van der Waals surface area contributed by atoms with E-state index in [9.17, 15) is 9.59 Å². The van der Waals surface area contributed by atoms with Gasteiger partial charge in [-0.25, -0.2) is 4.98 Å². The van der Waals surface area contributed by atoms with E-state index in [-0.39, 0.29) is 5.91 Å². The van der Waals surface area contributed by atoms with Crippen LogP contribution in [0.5, 0.6) is 0 Å². The minimum Gasteiger partial charge on any atom is -0.397 e. The number of benzene rings is 1. The summed E-state index contributed by atoms with van der Waals surface area (Å²) in [7, 11) is 0. The summed E-state index contributed by atoms with van der Waals surface area (Å²) in [5, 5.41) is 3.79. The maximum atomic E-state index is 12.9. The van der Waals surface area contributed by atoms with Crippen LogP contribution in [0.2, 0.25) is 0 Å². The number of thiophene rings is 1. The van der Waals surface area contributed by atoms with Gasteiger partial charge in [-0.3, -0.25) is 9.59 Å². The van der Waals surface area contributed by atoms with Crippen molar-refractivity contribution in [3.05, 3.63) is 47.5 Å². The fourth-order valence-electron chi connectivity index (χ4n) is 4.63. The second kappa shape index (κ2) is 6.88. The summed E-state index contributed by atoms with van der Waals surface area (Å²) in [4.78, 5) is 34.4. The van der Waals surface area contributed by atoms with Gasteiger partial charge in [0.15, 0.2) is 0 Å². The molecule has 4 heterocycles. The van der Waals surface area contributed by atoms with Crippen molar-refractivity contribution in [3.8, 4) is 0 Å². The van der Waals surface area contributed by atoms with Gasteiger partial charge >= 0.3 is 0 Å². The molecule has 2 saturated heterocycles. The van der Waals surface area contributed by atoms with Crippen LogP contribution in [0.3, 0.4) is 0 Å². The summed E-state index contributed by atoms with van der Waals surface area (Å²) < 4.78 is 0. The van der Waals surface area contributed by atoms with Crippen LogP contribution in [0.1, 0.15) is 22.5 Å². The lowest BCUT2D eigenvalue weighted by molar-refractivity contribution is -0.124. The molecule has 0 saturated carbocycles. The Morgan fingerprint density at radius 3 is 2.60 bits per heavy atom. The summed E-state index contributed by atoms with van der Waals surface area (Å²) in [5.74, 6) is -0.461. The number of nitrogens with two attached hydrogens (primary N) is 2. The first kappa shape index (κ1) is 18.7. The predicted molar refractivity (Wildman–Crippen MR) is 119 cm³/mol. The molecule has 3 aromatic rings. The minimum absolute atomic E-state index is 0.0805. The summed E-state index contributed by atoms with van der Waals surface area (Å²) in [5.41, 5.74) is 13.5. The number of nitrogen functional groups attached to an aromatic ring is 1. The molecule has 2 amide bonds. The molecule has 5 N–H and O–H groups in total. The van der Waals surface area contributed by atoms with Crippen molar-refractivity contribution in [2.45, 2.75) is 18.4 Å². The second-order valence-corrected chi connectivity index (χ2v) is 8.66. The number of pyridine rings is 1. The number of fused-ring (bicyclic) bond motifs is 1. The Hall–Kier alpha value is -3.33. The number of hydrogen-bond donors (Lipinski definition) is 3. The fraction of sp³-hybridized carbons (Fsp3) is 0.286. The third-order valence-electron chi connectivity index (χ3n) is 6.17. The van der Waals surface area contributed by atoms with Crippen molar-refractivity contribution in [3.63, 3.8) is 0 Å². The van der Waals surface area contributed by atoms with Crippen molar-refractivity contribution < 1.29 is 9.59 Å². The van der Waals surface area contributed by atoms with Crippen molar-refractivity contribution in [2.24, 2.45) is 5.73 Å². The highest BCUT2D eigenvalue weighted by Gasteiger charge is 2.50. The molecule has 0 aliphatic carbocycles. The van der Waals surface area contributed by atoms with Crippen molar-refractivity contribution >= 4 is 50.4 Å². The summed E-state index contributed by atoms with van der Waals surface area (Å²) in [6.07, 6.45) is 3.09. The first-order chi connectivity index (χ1) is 14.5. The number of carbonyl (C=O) groups excluding carboxylic acids is 2. The van der Waals surface area contributed by atoms with Crippen LogP contribution < -0.4 is 26.6 Å². The number of nitrogens with one attached hydrogen (secondary N) is 1. The molecule has 2 fully saturated rings. The first-order valence-corrected chi connectivity index (χ1v) is 10.7. The molecule has 2 aliphatic rings. The van der Waals surface area contributed by atoms with Gasteiger partial charge in [0, 0.05) is 25.0 Å². The third-order valence-corrected chi connectivity index (χ3v) is 7.30. The number of anilines is 3. The van der Waals surface area contributed by atoms with E-state index in [1.165, 1.54) is 11.3 Å². The molecule has 5 rings (SSSR count). The van der Waals surface area contributed by atoms with Gasteiger partial charge in [0.25, 0.3) is 5.91 Å². The second-order valence-electron chi connectivity index (χ2n) is 7.67. The molecular formula is C21H22N6O2S. The maximum Gasteiger partial charge on any atom is 0.260 e. The predicted octanol–water partition coefficient (Wildman–Crippen LogP) is 1.91. The fourth-order valence-corrected chi connectivity index (χ4v) is 5.56. The first-order valence-electron chi connectivity index (χ1n) is 9.84. The Morgan fingerprint density at radius 2 is 1.90 bits per heavy atom. The average Bonchev–Trinajstić information content (AvgIpc) is 3.27. The number of carbonyl (C=O) groups is 2. The Balaban J connectivity index is 1.46. The van der Waals surface area contributed by atoms with Gasteiger partial charge < -0.3 is 26.6 Å². The molecule has 8 nitrogen and oxygen atoms in total. The van der Waals surface area contributed by atoms with Gasteiger partial charge in [-0.2, -0.15) is 0 Å². The number of rotatable bonds is 3. The van der Waals surface area contributed by atoms with Gasteiger partial charge in [0.1, 0.15) is 15.2 Å². The Morgan fingerprint density at radius 1 is 1.17 bits per heavy atom. The highest BCUT2D eigenvalue weighted by Crippen LogP contribution is 2.42. The smallest absolute Gasteiger partial charge is 0.260 e. The van der Waals surface area contributed by atoms with Gasteiger partial charge in [-0.05, 0) is 31.0 Å². The van der Waals surface area contributed by atoms with E-state index in [4.69, 9.17) is 11.5 Å². The molecule has 1 spiro atoms. The summed E-state index contributed by atoms with van der Waals surface area (Å²) in [6.45, 7) is 1.90. The zero-order valence-electron chi connectivity index (χ0n) is 16.3. The van der Waals surface area contributed by atoms with Crippen LogP contribution in [-0.2, 0) is 4.79 Å². The monoisotopic (exact) mass is 422 g/mol. The number of nitrogens with zero attached hydrogens (tertiary/aromatic N) is 3. The van der Waals surface area contributed by atoms with Crippen LogP contribution in [0.4, 0.5) is 17.1 Å². The van der Waals surface area contributed by atoms with Crippen molar-refractivity contribution in [1.29, 1.82) is 0 Å². The number of amides is 2. The van der Waals surface area contributed by atoms with E-state index in [0.717, 1.165) is 16.8 Å². The average molecular weight is 423 g/mol. The van der Waals surface area contributed by atoms with E-state index in [1.807, 2.05) is 36.4 Å². The Kier molecular flexibility index (Phi) is 4.28. The normalized spacial score (nSPS) is 18.2. The topological polar surface area (TPSA) is 118 Å². The van der Waals surface area contributed by atoms with E-state index >= 15 is 0 Å². The number of aromatic nitrogens is 1. The lowest BCUT2D eigenvalue weighted by atomic mass is 9.85. The SMILES string of the molecule is NC(=O)c1sc2nccc(N3CCC4(CC3)C(=O)NCN4c3ccccc3)c2c1N. The largest absolute Gasteiger partial charge is 0.397 e. The maximum absolute atomic E-state index is 12.9. The van der Waals surface area contributed by atoms with E-state index in [0.29, 0.717) is 48.0 Å². The van der Waals surface area contributed by atoms with Gasteiger partial charge in [-0.1, -0.05) is 18.2 Å². The van der Waals surface area contributed by atoms with E-state index in [1.54, 1.807) is 6.20 Å². The third kappa shape index (κ3) is 2.69. The zero-order valence-corrected chi connectivity index (χ0v) is 17.1. The van der Waals surface area contributed by atoms with Gasteiger partial charge in [-0.15, -0.1) is 11.3 Å². The minimum atomic E-state index is -0.553. The molecule has 9 heteroatoms. The molecule has 2 aliphatic heterocycles. The van der Waals surface area contributed by atoms with Gasteiger partial charge in [0.05, 0.1) is 23.4 Å². The molecule has 0 unspecified atom stereocenters. The van der Waals surface area contributed by atoms with Crippen LogP contribution >= 0.6 is 11.3 Å². The molecule has 1 aromatic carbocycles. The highest BCUT2D eigenvalue weighted by molar-refractivity contribution is 7.21. The number of primary amides is 1. The summed E-state index contributed by atoms with van der Waals surface area (Å²) >= 11 is 1.22. The molecule has 0 atom stereocenters. The van der Waals surface area contributed by atoms with Crippen LogP contribution in [0.15, 0.2) is 42.6 Å². The molecule has 154 valence electrons. The zero-order chi connectivity index (χ0) is 20.9. The number of piperidine rings is 1. The van der Waals surface area contributed by atoms with Gasteiger partial charge in [0.2, 0.25) is 5.91 Å². The van der Waals surface area contributed by atoms with Crippen LogP contribution in [0, 0.1) is 0 Å². The molecule has 0 radical (unpaired) electrons. The van der Waals surface area contributed by atoms with E-state index < -0.39 is 11.4 Å². The lowest BCUT2D eigenvalue weighted by Crippen LogP contribution is -2.56. The Bertz CT molecular complexity index is 1140. The van der Waals surface area contributed by atoms with Crippen molar-refractivity contribution in [2.75, 3.05) is 35.3 Å². The van der Waals surface area contributed by atoms with Crippen LogP contribution in [0.25, 0.3) is 10.2 Å². The standard InChI is InChI=1S/C21H22N6O2S/c22-16-15-14(6-9-24-19(15)30-17(16)18(23)28)26-10-7-21(8-11-26)20(29)25-12-27(21)13-4-2-1-3-5-13/h1-6,9H,7-8,10-12,22H2,(H2,23,28)(H,25,29). The number of hydrogen-bond acceptors (Lipinski definition) is 7. The van der Waals surface area contributed by atoms with Crippen LogP contribution in [-0.4, -0.2) is 42.1 Å². The molecule has 2 aromatic heterocycles. The molecular weight excluding hydrogens is 400 g/mol.